The van der Waals surface area contributed by atoms with Crippen molar-refractivity contribution in [3.8, 4) is 5.75 Å². The zero-order valence-electron chi connectivity index (χ0n) is 10.8. The molecule has 102 valence electrons. The second kappa shape index (κ2) is 9.08. The van der Waals surface area contributed by atoms with Gasteiger partial charge in [-0.3, -0.25) is 4.21 Å². The van der Waals surface area contributed by atoms with E-state index in [1.54, 1.807) is 7.11 Å². The van der Waals surface area contributed by atoms with E-state index in [2.05, 4.69) is 0 Å². The van der Waals surface area contributed by atoms with E-state index >= 15 is 0 Å². The lowest BCUT2D eigenvalue weighted by atomic mass is 10.2. The molecule has 4 nitrogen and oxygen atoms in total. The molecular formula is C13H21NO3S. The first-order valence-corrected chi connectivity index (χ1v) is 7.51. The predicted molar refractivity (Wildman–Crippen MR) is 74.2 cm³/mol. The molecule has 0 saturated carbocycles. The lowest BCUT2D eigenvalue weighted by Gasteiger charge is -2.09. The van der Waals surface area contributed by atoms with E-state index in [1.165, 1.54) is 0 Å². The largest absolute Gasteiger partial charge is 0.493 e. The molecule has 0 aromatic heterocycles. The Morgan fingerprint density at radius 1 is 1.22 bits per heavy atom. The summed E-state index contributed by atoms with van der Waals surface area (Å²) in [6, 6.07) is 7.72. The maximum atomic E-state index is 11.5. The highest BCUT2D eigenvalue weighted by atomic mass is 32.2. The van der Waals surface area contributed by atoms with Crippen molar-refractivity contribution in [2.45, 2.75) is 13.0 Å². The smallest absolute Gasteiger partial charge is 0.123 e. The molecular weight excluding hydrogens is 250 g/mol. The first-order chi connectivity index (χ1) is 8.77. The number of benzene rings is 1. The van der Waals surface area contributed by atoms with Crippen LogP contribution in [0.4, 0.5) is 0 Å². The number of rotatable bonds is 9. The minimum Gasteiger partial charge on any atom is -0.493 e. The van der Waals surface area contributed by atoms with Crippen LogP contribution in [-0.2, 0) is 22.1 Å². The molecule has 0 amide bonds. The molecule has 0 bridgehead atoms. The first kappa shape index (κ1) is 15.1. The third-order valence-corrected chi connectivity index (χ3v) is 3.85. The molecule has 0 fully saturated rings. The van der Waals surface area contributed by atoms with Gasteiger partial charge in [-0.2, -0.15) is 0 Å². The average molecular weight is 271 g/mol. The molecule has 18 heavy (non-hydrogen) atoms. The van der Waals surface area contributed by atoms with Gasteiger partial charge in [-0.05, 0) is 12.5 Å². The van der Waals surface area contributed by atoms with Crippen LogP contribution in [0.25, 0.3) is 0 Å². The van der Waals surface area contributed by atoms with Crippen molar-refractivity contribution >= 4 is 10.8 Å². The summed E-state index contributed by atoms with van der Waals surface area (Å²) >= 11 is 0. The molecule has 0 aliphatic carbocycles. The summed E-state index contributed by atoms with van der Waals surface area (Å²) in [6.07, 6.45) is 0.773. The normalized spacial score (nSPS) is 12.3. The van der Waals surface area contributed by atoms with Gasteiger partial charge in [0.1, 0.15) is 5.75 Å². The second-order valence-corrected chi connectivity index (χ2v) is 5.55. The Morgan fingerprint density at radius 3 is 2.72 bits per heavy atom. The van der Waals surface area contributed by atoms with Gasteiger partial charge in [-0.25, -0.2) is 0 Å². The van der Waals surface area contributed by atoms with E-state index in [-0.39, 0.29) is 0 Å². The van der Waals surface area contributed by atoms with Crippen molar-refractivity contribution < 1.29 is 13.7 Å². The number of methoxy groups -OCH3 is 1. The minimum atomic E-state index is -0.815. The number of hydrogen-bond donors (Lipinski definition) is 1. The van der Waals surface area contributed by atoms with Crippen LogP contribution in [-0.4, -0.2) is 36.0 Å². The Hall–Kier alpha value is -0.910. The quantitative estimate of drug-likeness (QED) is 0.688. The van der Waals surface area contributed by atoms with Crippen LogP contribution in [0.2, 0.25) is 0 Å². The lowest BCUT2D eigenvalue weighted by molar-refractivity contribution is 0.218. The number of nitrogens with two attached hydrogens (primary N) is 1. The molecule has 0 aliphatic heterocycles. The highest BCUT2D eigenvalue weighted by Gasteiger charge is 2.02. The van der Waals surface area contributed by atoms with E-state index in [0.29, 0.717) is 31.3 Å². The SMILES string of the molecule is COCCS(=O)CCCOc1ccccc1CN. The fraction of sp³-hybridized carbons (Fsp3) is 0.538. The molecule has 2 N–H and O–H groups in total. The summed E-state index contributed by atoms with van der Waals surface area (Å²) in [5, 5.41) is 0. The van der Waals surface area contributed by atoms with E-state index in [9.17, 15) is 4.21 Å². The molecule has 0 aliphatic rings. The van der Waals surface area contributed by atoms with Crippen LogP contribution < -0.4 is 10.5 Å². The summed E-state index contributed by atoms with van der Waals surface area (Å²) in [4.78, 5) is 0. The third kappa shape index (κ3) is 5.62. The lowest BCUT2D eigenvalue weighted by Crippen LogP contribution is -2.11. The fourth-order valence-corrected chi connectivity index (χ4v) is 2.49. The van der Waals surface area contributed by atoms with Crippen molar-refractivity contribution in [2.75, 3.05) is 31.8 Å². The summed E-state index contributed by atoms with van der Waals surface area (Å²) < 4.78 is 22.0. The number of hydrogen-bond acceptors (Lipinski definition) is 4. The molecule has 1 aromatic rings. The van der Waals surface area contributed by atoms with Gasteiger partial charge in [0.25, 0.3) is 0 Å². The van der Waals surface area contributed by atoms with Crippen LogP contribution in [0.1, 0.15) is 12.0 Å². The van der Waals surface area contributed by atoms with Crippen LogP contribution in [0.3, 0.4) is 0 Å². The van der Waals surface area contributed by atoms with Gasteiger partial charge in [-0.1, -0.05) is 18.2 Å². The van der Waals surface area contributed by atoms with Gasteiger partial charge in [0, 0.05) is 41.5 Å². The summed E-state index contributed by atoms with van der Waals surface area (Å²) in [5.41, 5.74) is 6.61. The zero-order valence-corrected chi connectivity index (χ0v) is 11.6. The molecule has 0 saturated heterocycles. The van der Waals surface area contributed by atoms with Crippen LogP contribution in [0.15, 0.2) is 24.3 Å². The molecule has 1 aromatic carbocycles. The highest BCUT2D eigenvalue weighted by molar-refractivity contribution is 7.84. The number of ether oxygens (including phenoxy) is 2. The molecule has 0 spiro atoms. The van der Waals surface area contributed by atoms with Crippen LogP contribution in [0.5, 0.6) is 5.75 Å². The number of para-hydroxylation sites is 1. The Morgan fingerprint density at radius 2 is 2.00 bits per heavy atom. The minimum absolute atomic E-state index is 0.468. The maximum Gasteiger partial charge on any atom is 0.123 e. The van der Waals surface area contributed by atoms with E-state index in [1.807, 2.05) is 24.3 Å². The van der Waals surface area contributed by atoms with Crippen molar-refractivity contribution in [1.29, 1.82) is 0 Å². The Kier molecular flexibility index (Phi) is 7.64. The maximum absolute atomic E-state index is 11.5. The van der Waals surface area contributed by atoms with Crippen molar-refractivity contribution in [2.24, 2.45) is 5.73 Å². The average Bonchev–Trinajstić information content (AvgIpc) is 2.41. The first-order valence-electron chi connectivity index (χ1n) is 6.02. The Bertz CT molecular complexity index is 371. The van der Waals surface area contributed by atoms with E-state index < -0.39 is 10.8 Å². The Labute approximate surface area is 111 Å². The third-order valence-electron chi connectivity index (χ3n) is 2.48. The highest BCUT2D eigenvalue weighted by Crippen LogP contribution is 2.17. The molecule has 0 heterocycles. The van der Waals surface area contributed by atoms with Crippen LogP contribution >= 0.6 is 0 Å². The summed E-state index contributed by atoms with van der Waals surface area (Å²) in [6.45, 7) is 1.58. The van der Waals surface area contributed by atoms with E-state index in [4.69, 9.17) is 15.2 Å². The second-order valence-electron chi connectivity index (χ2n) is 3.85. The van der Waals surface area contributed by atoms with Gasteiger partial charge in [0.15, 0.2) is 0 Å². The van der Waals surface area contributed by atoms with Crippen molar-refractivity contribution in [3.05, 3.63) is 29.8 Å². The van der Waals surface area contributed by atoms with Crippen molar-refractivity contribution in [3.63, 3.8) is 0 Å². The Balaban J connectivity index is 2.23. The van der Waals surface area contributed by atoms with Gasteiger partial charge in [0.05, 0.1) is 13.2 Å². The van der Waals surface area contributed by atoms with Crippen molar-refractivity contribution in [1.82, 2.24) is 0 Å². The summed E-state index contributed by atoms with van der Waals surface area (Å²) in [5.74, 6) is 2.06. The molecule has 1 unspecified atom stereocenters. The van der Waals surface area contributed by atoms with Gasteiger partial charge >= 0.3 is 0 Å². The van der Waals surface area contributed by atoms with Crippen LogP contribution in [0, 0.1) is 0 Å². The molecule has 1 atom stereocenters. The predicted octanol–water partition coefficient (Wildman–Crippen LogP) is 1.31. The van der Waals surface area contributed by atoms with E-state index in [0.717, 1.165) is 17.7 Å². The van der Waals surface area contributed by atoms with Gasteiger partial charge in [-0.15, -0.1) is 0 Å². The van der Waals surface area contributed by atoms with Gasteiger partial charge in [0.2, 0.25) is 0 Å². The zero-order chi connectivity index (χ0) is 13.2. The molecule has 0 radical (unpaired) electrons. The standard InChI is InChI=1S/C13H21NO3S/c1-16-8-10-18(15)9-4-7-17-13-6-3-2-5-12(13)11-14/h2-3,5-6H,4,7-11,14H2,1H3. The van der Waals surface area contributed by atoms with Gasteiger partial charge < -0.3 is 15.2 Å². The summed E-state index contributed by atoms with van der Waals surface area (Å²) in [7, 11) is 0.801. The fourth-order valence-electron chi connectivity index (χ4n) is 1.49. The topological polar surface area (TPSA) is 61.5 Å². The molecule has 1 rings (SSSR count). The monoisotopic (exact) mass is 271 g/mol. The molecule has 5 heteroatoms.